The average Bonchev–Trinajstić information content (AvgIpc) is 2.58. The predicted molar refractivity (Wildman–Crippen MR) is 124 cm³/mol. The van der Waals surface area contributed by atoms with Gasteiger partial charge in [-0.15, -0.1) is 0 Å². The van der Waals surface area contributed by atoms with E-state index >= 15 is 0 Å². The van der Waals surface area contributed by atoms with Crippen LogP contribution < -0.4 is 11.1 Å². The van der Waals surface area contributed by atoms with Gasteiger partial charge in [0.05, 0.1) is 0 Å². The lowest BCUT2D eigenvalue weighted by Crippen LogP contribution is -2.22. The summed E-state index contributed by atoms with van der Waals surface area (Å²) in [6, 6.07) is -0.150. The molecule has 3 unspecified atom stereocenters. The largest absolute Gasteiger partial charge is 0.394 e. The van der Waals surface area contributed by atoms with E-state index in [0.29, 0.717) is 18.8 Å². The van der Waals surface area contributed by atoms with Gasteiger partial charge in [0.1, 0.15) is 0 Å². The minimum absolute atomic E-state index is 0.0643. The molecule has 0 aromatic carbocycles. The topological polar surface area (TPSA) is 38.0 Å². The number of alkyl halides is 2. The molecule has 3 N–H and O–H groups in total. The smallest absolute Gasteiger partial charge is 0.245 e. The van der Waals surface area contributed by atoms with Crippen molar-refractivity contribution in [3.05, 3.63) is 47.7 Å². The highest BCUT2D eigenvalue weighted by Gasteiger charge is 2.22. The molecule has 0 aliphatic heterocycles. The van der Waals surface area contributed by atoms with Crippen LogP contribution in [0, 0.1) is 17.3 Å². The van der Waals surface area contributed by atoms with Gasteiger partial charge in [-0.3, -0.25) is 0 Å². The second-order valence-corrected chi connectivity index (χ2v) is 9.48. The van der Waals surface area contributed by atoms with Crippen LogP contribution in [0.4, 0.5) is 8.78 Å². The van der Waals surface area contributed by atoms with Crippen LogP contribution in [0.5, 0.6) is 0 Å². The van der Waals surface area contributed by atoms with Crippen molar-refractivity contribution in [2.45, 2.75) is 86.1 Å². The summed E-state index contributed by atoms with van der Waals surface area (Å²) in [4.78, 5) is 0. The van der Waals surface area contributed by atoms with Crippen molar-refractivity contribution in [3.63, 3.8) is 0 Å². The number of nitrogens with two attached hydrogens (primary N) is 1. The second-order valence-electron chi connectivity index (χ2n) is 9.48. The summed E-state index contributed by atoms with van der Waals surface area (Å²) in [7, 11) is 1.91. The zero-order chi connectivity index (χ0) is 22.7. The van der Waals surface area contributed by atoms with Gasteiger partial charge < -0.3 is 11.1 Å². The SMILES string of the molecule is C/C=C\C(=C/C(C)CCC(C)(F)F)C(N)C/C=C/C(=C/NC)CC(C)C(C)(C)C. The standard InChI is InChI=1S/C25H44F2N2/c1-9-11-22(16-19(2)14-15-25(7,26)27)23(28)13-10-12-21(18-29-8)17-20(3)24(4,5)6/h9-12,16,18-20,23,29H,13-15,17,28H2,1-8H3/b11-9-,12-10+,21-18-,22-16+. The number of allylic oxidation sites excluding steroid dienone is 4. The first-order valence-electron chi connectivity index (χ1n) is 10.8. The molecule has 168 valence electrons. The number of hydrogen-bond donors (Lipinski definition) is 2. The fraction of sp³-hybridized carbons (Fsp3) is 0.680. The van der Waals surface area contributed by atoms with Crippen LogP contribution in [-0.2, 0) is 0 Å². The molecule has 0 aliphatic carbocycles. The Morgan fingerprint density at radius 1 is 1.10 bits per heavy atom. The molecular weight excluding hydrogens is 366 g/mol. The third-order valence-electron chi connectivity index (χ3n) is 5.37. The number of halogens is 2. The lowest BCUT2D eigenvalue weighted by atomic mass is 9.78. The van der Waals surface area contributed by atoms with Gasteiger partial charge >= 0.3 is 0 Å². The predicted octanol–water partition coefficient (Wildman–Crippen LogP) is 7.01. The molecule has 0 saturated carbocycles. The van der Waals surface area contributed by atoms with Crippen molar-refractivity contribution >= 4 is 0 Å². The van der Waals surface area contributed by atoms with Gasteiger partial charge in [-0.25, -0.2) is 8.78 Å². The molecule has 3 atom stereocenters. The maximum atomic E-state index is 13.1. The van der Waals surface area contributed by atoms with E-state index in [1.807, 2.05) is 45.3 Å². The van der Waals surface area contributed by atoms with Gasteiger partial charge in [-0.1, -0.05) is 65.0 Å². The Morgan fingerprint density at radius 3 is 2.21 bits per heavy atom. The van der Waals surface area contributed by atoms with E-state index in [1.165, 1.54) is 5.57 Å². The quantitative estimate of drug-likeness (QED) is 0.340. The van der Waals surface area contributed by atoms with Crippen LogP contribution in [0.3, 0.4) is 0 Å². The van der Waals surface area contributed by atoms with Crippen LogP contribution in [0.25, 0.3) is 0 Å². The van der Waals surface area contributed by atoms with Crippen molar-refractivity contribution in [3.8, 4) is 0 Å². The van der Waals surface area contributed by atoms with E-state index in [-0.39, 0.29) is 23.8 Å². The van der Waals surface area contributed by atoms with Crippen LogP contribution in [-0.4, -0.2) is 19.0 Å². The van der Waals surface area contributed by atoms with Crippen molar-refractivity contribution in [2.75, 3.05) is 7.05 Å². The monoisotopic (exact) mass is 410 g/mol. The highest BCUT2D eigenvalue weighted by Crippen LogP contribution is 2.31. The first-order valence-corrected chi connectivity index (χ1v) is 10.8. The van der Waals surface area contributed by atoms with Crippen molar-refractivity contribution < 1.29 is 8.78 Å². The zero-order valence-electron chi connectivity index (χ0n) is 19.9. The Morgan fingerprint density at radius 2 is 1.72 bits per heavy atom. The molecule has 0 rings (SSSR count). The number of hydrogen-bond acceptors (Lipinski definition) is 2. The van der Waals surface area contributed by atoms with Gasteiger partial charge in [-0.05, 0) is 67.7 Å². The Kier molecular flexibility index (Phi) is 12.4. The normalized spacial score (nSPS) is 17.8. The van der Waals surface area contributed by atoms with Gasteiger partial charge in [0, 0.05) is 19.5 Å². The van der Waals surface area contributed by atoms with Gasteiger partial charge in [0.25, 0.3) is 0 Å². The maximum Gasteiger partial charge on any atom is 0.245 e. The molecule has 2 nitrogen and oxygen atoms in total. The summed E-state index contributed by atoms with van der Waals surface area (Å²) < 4.78 is 26.2. The van der Waals surface area contributed by atoms with Crippen molar-refractivity contribution in [2.24, 2.45) is 23.0 Å². The van der Waals surface area contributed by atoms with Crippen LogP contribution in [0.2, 0.25) is 0 Å². The third-order valence-corrected chi connectivity index (χ3v) is 5.37. The molecule has 0 fully saturated rings. The number of nitrogens with one attached hydrogen (secondary N) is 1. The van der Waals surface area contributed by atoms with E-state index in [9.17, 15) is 8.78 Å². The fourth-order valence-corrected chi connectivity index (χ4v) is 2.91. The van der Waals surface area contributed by atoms with Gasteiger partial charge in [-0.2, -0.15) is 0 Å². The second kappa shape index (κ2) is 13.0. The summed E-state index contributed by atoms with van der Waals surface area (Å²) >= 11 is 0. The molecule has 4 heteroatoms. The minimum atomic E-state index is -2.62. The van der Waals surface area contributed by atoms with Gasteiger partial charge in [0.2, 0.25) is 5.92 Å². The summed E-state index contributed by atoms with van der Waals surface area (Å²) in [5.41, 5.74) is 8.92. The Labute approximate surface area is 178 Å². The highest BCUT2D eigenvalue weighted by molar-refractivity contribution is 5.27. The molecule has 0 amide bonds. The molecule has 0 bridgehead atoms. The van der Waals surface area contributed by atoms with Crippen molar-refractivity contribution in [1.29, 1.82) is 0 Å². The van der Waals surface area contributed by atoms with E-state index < -0.39 is 5.92 Å². The van der Waals surface area contributed by atoms with E-state index in [0.717, 1.165) is 18.9 Å². The molecule has 0 spiro atoms. The molecule has 0 aliphatic rings. The molecule has 0 aromatic rings. The van der Waals surface area contributed by atoms with Crippen LogP contribution in [0.15, 0.2) is 47.7 Å². The first-order chi connectivity index (χ1) is 13.3. The number of rotatable bonds is 12. The third kappa shape index (κ3) is 13.4. The Hall–Kier alpha value is -1.42. The lowest BCUT2D eigenvalue weighted by molar-refractivity contribution is 0.00864. The molecule has 0 heterocycles. The summed E-state index contributed by atoms with van der Waals surface area (Å²) in [6.45, 7) is 14.0. The molecular formula is C25H44F2N2. The van der Waals surface area contributed by atoms with Crippen molar-refractivity contribution in [1.82, 2.24) is 5.32 Å². The molecule has 29 heavy (non-hydrogen) atoms. The summed E-state index contributed by atoms with van der Waals surface area (Å²) in [5, 5.41) is 3.13. The van der Waals surface area contributed by atoms with Gasteiger partial charge in [0.15, 0.2) is 0 Å². The van der Waals surface area contributed by atoms with Crippen LogP contribution >= 0.6 is 0 Å². The molecule has 0 radical (unpaired) electrons. The van der Waals surface area contributed by atoms with E-state index in [1.54, 1.807) is 0 Å². The fourth-order valence-electron chi connectivity index (χ4n) is 2.91. The van der Waals surface area contributed by atoms with E-state index in [2.05, 4.69) is 45.2 Å². The van der Waals surface area contributed by atoms with Crippen LogP contribution in [0.1, 0.15) is 74.1 Å². The average molecular weight is 411 g/mol. The summed E-state index contributed by atoms with van der Waals surface area (Å²) in [5.74, 6) is -2.00. The first kappa shape index (κ1) is 27.6. The molecule has 0 aromatic heterocycles. The van der Waals surface area contributed by atoms with E-state index in [4.69, 9.17) is 5.73 Å². The highest BCUT2D eigenvalue weighted by atomic mass is 19.3. The minimum Gasteiger partial charge on any atom is -0.394 e. The Balaban J connectivity index is 5.06. The lowest BCUT2D eigenvalue weighted by Gasteiger charge is -2.27. The Bertz CT molecular complexity index is 575. The summed E-state index contributed by atoms with van der Waals surface area (Å²) in [6.07, 6.45) is 14.3. The molecule has 0 saturated heterocycles. The maximum absolute atomic E-state index is 13.1. The zero-order valence-corrected chi connectivity index (χ0v) is 19.9.